The van der Waals surface area contributed by atoms with E-state index >= 15 is 0 Å². The van der Waals surface area contributed by atoms with Crippen LogP contribution < -0.4 is 10.6 Å². The summed E-state index contributed by atoms with van der Waals surface area (Å²) in [7, 11) is 0. The molecule has 0 atom stereocenters. The second-order valence-corrected chi connectivity index (χ2v) is 8.61. The van der Waals surface area contributed by atoms with E-state index in [4.69, 9.17) is 17.2 Å². The first-order valence-corrected chi connectivity index (χ1v) is 9.55. The lowest BCUT2D eigenvalue weighted by molar-refractivity contribution is -0.126. The number of aryl methyl sites for hydroxylation is 1. The van der Waals surface area contributed by atoms with Gasteiger partial charge >= 0.3 is 0 Å². The average Bonchev–Trinajstić information content (AvgIpc) is 3.00. The Kier molecular flexibility index (Phi) is 5.07. The zero-order valence-corrected chi connectivity index (χ0v) is 16.8. The van der Waals surface area contributed by atoms with E-state index in [1.807, 2.05) is 58.0 Å². The molecule has 0 fully saturated rings. The van der Waals surface area contributed by atoms with E-state index in [1.54, 1.807) is 11.3 Å². The fourth-order valence-electron chi connectivity index (χ4n) is 2.33. The third-order valence-electron chi connectivity index (χ3n) is 3.93. The number of anilines is 1. The topological polar surface area (TPSA) is 54.0 Å². The number of carbonyl (C=O) groups is 1. The second kappa shape index (κ2) is 7.13. The molecule has 4 nitrogen and oxygen atoms in total. The summed E-state index contributed by atoms with van der Waals surface area (Å²) in [5.74, 6) is -0.116. The van der Waals surface area contributed by atoms with Crippen LogP contribution in [0.25, 0.3) is 20.8 Å². The molecule has 0 bridgehead atoms. The zero-order valence-electron chi connectivity index (χ0n) is 15.2. The van der Waals surface area contributed by atoms with Gasteiger partial charge < -0.3 is 10.6 Å². The normalized spacial score (nSPS) is 11.4. The van der Waals surface area contributed by atoms with Crippen LogP contribution in [0.5, 0.6) is 0 Å². The molecule has 2 aromatic carbocycles. The minimum Gasteiger partial charge on any atom is -0.332 e. The Morgan fingerprint density at radius 3 is 2.58 bits per heavy atom. The van der Waals surface area contributed by atoms with Crippen molar-refractivity contribution in [1.82, 2.24) is 10.3 Å². The average molecular weight is 384 g/mol. The van der Waals surface area contributed by atoms with Gasteiger partial charge in [0.1, 0.15) is 5.01 Å². The number of nitrogens with zero attached hydrogens (tertiary/aromatic N) is 1. The van der Waals surface area contributed by atoms with E-state index in [2.05, 4.69) is 22.8 Å². The van der Waals surface area contributed by atoms with Crippen molar-refractivity contribution in [3.05, 3.63) is 48.0 Å². The van der Waals surface area contributed by atoms with Crippen LogP contribution in [-0.4, -0.2) is 16.0 Å². The van der Waals surface area contributed by atoms with Gasteiger partial charge in [-0.2, -0.15) is 0 Å². The van der Waals surface area contributed by atoms with Gasteiger partial charge in [-0.15, -0.1) is 11.3 Å². The molecule has 0 aliphatic carbocycles. The summed E-state index contributed by atoms with van der Waals surface area (Å²) in [5, 5.41) is 7.14. The Balaban J connectivity index is 1.84. The van der Waals surface area contributed by atoms with Crippen LogP contribution in [0, 0.1) is 12.3 Å². The highest BCUT2D eigenvalue weighted by molar-refractivity contribution is 7.80. The van der Waals surface area contributed by atoms with Gasteiger partial charge in [-0.05, 0) is 42.9 Å². The van der Waals surface area contributed by atoms with Gasteiger partial charge in [-0.3, -0.25) is 4.79 Å². The van der Waals surface area contributed by atoms with E-state index in [-0.39, 0.29) is 5.91 Å². The quantitative estimate of drug-likeness (QED) is 0.602. The maximum Gasteiger partial charge on any atom is 0.231 e. The number of aromatic nitrogens is 1. The summed E-state index contributed by atoms with van der Waals surface area (Å²) in [6, 6.07) is 14.2. The van der Waals surface area contributed by atoms with Crippen LogP contribution >= 0.6 is 23.6 Å². The monoisotopic (exact) mass is 383 g/mol. The van der Waals surface area contributed by atoms with E-state index < -0.39 is 5.41 Å². The molecule has 1 amide bonds. The molecule has 0 aliphatic rings. The standard InChI is InChI=1S/C20H21N3OS2/c1-12-9-10-13(17-21-14-7-5-6-8-16(14)26-17)11-15(12)22-19(25)23-18(24)20(2,3)4/h5-11H,1-4H3,(H2,22,23,24,25). The SMILES string of the molecule is Cc1ccc(-c2nc3ccccc3s2)cc1NC(=S)NC(=O)C(C)(C)C. The molecule has 134 valence electrons. The minimum absolute atomic E-state index is 0.116. The van der Waals surface area contributed by atoms with Crippen LogP contribution in [0.1, 0.15) is 26.3 Å². The molecule has 3 aromatic rings. The van der Waals surface area contributed by atoms with Crippen LogP contribution in [0.4, 0.5) is 5.69 Å². The Bertz CT molecular complexity index is 953. The van der Waals surface area contributed by atoms with Crippen LogP contribution in [0.3, 0.4) is 0 Å². The summed E-state index contributed by atoms with van der Waals surface area (Å²) in [5.41, 5.74) is 3.42. The Morgan fingerprint density at radius 2 is 1.88 bits per heavy atom. The van der Waals surface area contributed by atoms with Crippen molar-refractivity contribution >= 4 is 50.5 Å². The largest absolute Gasteiger partial charge is 0.332 e. The van der Waals surface area contributed by atoms with E-state index in [0.717, 1.165) is 32.0 Å². The molecular weight excluding hydrogens is 362 g/mol. The van der Waals surface area contributed by atoms with Gasteiger partial charge in [-0.1, -0.05) is 45.0 Å². The third kappa shape index (κ3) is 4.08. The fourth-order valence-corrected chi connectivity index (χ4v) is 3.49. The number of benzene rings is 2. The highest BCUT2D eigenvalue weighted by atomic mass is 32.1. The van der Waals surface area contributed by atoms with Crippen LogP contribution in [0.15, 0.2) is 42.5 Å². The molecule has 0 saturated carbocycles. The minimum atomic E-state index is -0.496. The number of rotatable bonds is 2. The molecule has 1 heterocycles. The lowest BCUT2D eigenvalue weighted by Crippen LogP contribution is -2.41. The van der Waals surface area contributed by atoms with E-state index in [0.29, 0.717) is 5.11 Å². The smallest absolute Gasteiger partial charge is 0.231 e. The van der Waals surface area contributed by atoms with Crippen molar-refractivity contribution in [2.24, 2.45) is 5.41 Å². The molecule has 26 heavy (non-hydrogen) atoms. The zero-order chi connectivity index (χ0) is 18.9. The van der Waals surface area contributed by atoms with Crippen molar-refractivity contribution in [3.8, 4) is 10.6 Å². The maximum absolute atomic E-state index is 12.1. The van der Waals surface area contributed by atoms with Crippen molar-refractivity contribution < 1.29 is 4.79 Å². The van der Waals surface area contributed by atoms with Crippen molar-refractivity contribution in [2.75, 3.05) is 5.32 Å². The highest BCUT2D eigenvalue weighted by Crippen LogP contribution is 2.32. The molecule has 2 N–H and O–H groups in total. The van der Waals surface area contributed by atoms with Gasteiger partial charge in [0.05, 0.1) is 10.2 Å². The molecule has 0 radical (unpaired) electrons. The number of fused-ring (bicyclic) bond motifs is 1. The molecular formula is C20H21N3OS2. The first-order valence-electron chi connectivity index (χ1n) is 8.33. The Labute approximate surface area is 162 Å². The number of thiocarbonyl (C=S) groups is 1. The summed E-state index contributed by atoms with van der Waals surface area (Å²) in [6.07, 6.45) is 0. The summed E-state index contributed by atoms with van der Waals surface area (Å²) in [6.45, 7) is 7.55. The van der Waals surface area contributed by atoms with Gasteiger partial charge in [0, 0.05) is 16.7 Å². The van der Waals surface area contributed by atoms with Gasteiger partial charge in [0.15, 0.2) is 5.11 Å². The number of hydrogen-bond acceptors (Lipinski definition) is 4. The number of carbonyl (C=O) groups excluding carboxylic acids is 1. The van der Waals surface area contributed by atoms with Gasteiger partial charge in [-0.25, -0.2) is 4.98 Å². The number of nitrogens with one attached hydrogen (secondary N) is 2. The van der Waals surface area contributed by atoms with Crippen molar-refractivity contribution in [2.45, 2.75) is 27.7 Å². The second-order valence-electron chi connectivity index (χ2n) is 7.17. The Morgan fingerprint density at radius 1 is 1.15 bits per heavy atom. The van der Waals surface area contributed by atoms with Crippen molar-refractivity contribution in [3.63, 3.8) is 0 Å². The number of hydrogen-bond donors (Lipinski definition) is 2. The van der Waals surface area contributed by atoms with E-state index in [9.17, 15) is 4.79 Å². The molecule has 6 heteroatoms. The van der Waals surface area contributed by atoms with Crippen molar-refractivity contribution in [1.29, 1.82) is 0 Å². The highest BCUT2D eigenvalue weighted by Gasteiger charge is 2.22. The number of para-hydroxylation sites is 1. The van der Waals surface area contributed by atoms with Crippen LogP contribution in [0.2, 0.25) is 0 Å². The third-order valence-corrected chi connectivity index (χ3v) is 5.22. The van der Waals surface area contributed by atoms with Gasteiger partial charge in [0.2, 0.25) is 5.91 Å². The molecule has 3 rings (SSSR count). The molecule has 0 unspecified atom stereocenters. The first-order chi connectivity index (χ1) is 12.2. The first kappa shape index (κ1) is 18.5. The lowest BCUT2D eigenvalue weighted by atomic mass is 9.96. The molecule has 0 spiro atoms. The fraction of sp³-hybridized carbons (Fsp3) is 0.250. The number of thiazole rings is 1. The van der Waals surface area contributed by atoms with Crippen LogP contribution in [-0.2, 0) is 4.79 Å². The Hall–Kier alpha value is -2.31. The predicted octanol–water partition coefficient (Wildman–Crippen LogP) is 5.13. The lowest BCUT2D eigenvalue weighted by Gasteiger charge is -2.19. The molecule has 0 aliphatic heterocycles. The summed E-state index contributed by atoms with van der Waals surface area (Å²) in [4.78, 5) is 16.8. The molecule has 1 aromatic heterocycles. The molecule has 0 saturated heterocycles. The number of amides is 1. The summed E-state index contributed by atoms with van der Waals surface area (Å²) < 4.78 is 1.16. The predicted molar refractivity (Wildman–Crippen MR) is 114 cm³/mol. The summed E-state index contributed by atoms with van der Waals surface area (Å²) >= 11 is 6.95. The maximum atomic E-state index is 12.1. The van der Waals surface area contributed by atoms with Gasteiger partial charge in [0.25, 0.3) is 0 Å². The van der Waals surface area contributed by atoms with E-state index in [1.165, 1.54) is 0 Å².